The maximum absolute atomic E-state index is 6.20. The summed E-state index contributed by atoms with van der Waals surface area (Å²) in [4.78, 5) is 0. The van der Waals surface area contributed by atoms with Gasteiger partial charge in [0.2, 0.25) is 0 Å². The molecular formula is C18H20ClNO. The van der Waals surface area contributed by atoms with Gasteiger partial charge in [0.15, 0.2) is 0 Å². The molecule has 0 bridgehead atoms. The SMILES string of the molecule is NC(COc1cccc(Cl)c1)c1ccc(C2CCC2)cc1. The molecule has 2 nitrogen and oxygen atoms in total. The van der Waals surface area contributed by atoms with Crippen LogP contribution in [0.2, 0.25) is 5.02 Å². The first-order chi connectivity index (χ1) is 10.2. The molecule has 0 radical (unpaired) electrons. The molecule has 0 saturated heterocycles. The monoisotopic (exact) mass is 301 g/mol. The second-order valence-corrected chi connectivity index (χ2v) is 6.11. The van der Waals surface area contributed by atoms with Gasteiger partial charge in [0, 0.05) is 5.02 Å². The highest BCUT2D eigenvalue weighted by Crippen LogP contribution is 2.36. The van der Waals surface area contributed by atoms with Gasteiger partial charge >= 0.3 is 0 Å². The summed E-state index contributed by atoms with van der Waals surface area (Å²) in [5.74, 6) is 1.52. The van der Waals surface area contributed by atoms with E-state index in [1.54, 1.807) is 6.07 Å². The molecule has 0 aromatic heterocycles. The number of rotatable bonds is 5. The van der Waals surface area contributed by atoms with Crippen LogP contribution in [0.25, 0.3) is 0 Å². The van der Waals surface area contributed by atoms with Crippen LogP contribution >= 0.6 is 11.6 Å². The molecule has 0 spiro atoms. The van der Waals surface area contributed by atoms with Crippen LogP contribution < -0.4 is 10.5 Å². The zero-order valence-electron chi connectivity index (χ0n) is 12.0. The van der Waals surface area contributed by atoms with Gasteiger partial charge in [-0.2, -0.15) is 0 Å². The van der Waals surface area contributed by atoms with Crippen molar-refractivity contribution in [1.29, 1.82) is 0 Å². The van der Waals surface area contributed by atoms with Crippen molar-refractivity contribution in [2.45, 2.75) is 31.2 Å². The molecule has 0 amide bonds. The van der Waals surface area contributed by atoms with E-state index in [0.717, 1.165) is 17.2 Å². The van der Waals surface area contributed by atoms with Crippen LogP contribution in [0, 0.1) is 0 Å². The Morgan fingerprint density at radius 2 is 1.90 bits per heavy atom. The molecule has 2 N–H and O–H groups in total. The zero-order chi connectivity index (χ0) is 14.7. The molecule has 2 aromatic rings. The number of nitrogens with two attached hydrogens (primary N) is 1. The van der Waals surface area contributed by atoms with Crippen molar-refractivity contribution in [3.05, 3.63) is 64.7 Å². The number of ether oxygens (including phenoxy) is 1. The smallest absolute Gasteiger partial charge is 0.120 e. The standard InChI is InChI=1S/C18H20ClNO/c19-16-5-2-6-17(11-16)21-12-18(20)15-9-7-14(8-10-15)13-3-1-4-13/h2,5-11,13,18H,1,3-4,12,20H2. The van der Waals surface area contributed by atoms with Gasteiger partial charge in [0.25, 0.3) is 0 Å². The Kier molecular flexibility index (Phi) is 4.47. The normalized spacial score (nSPS) is 16.3. The molecule has 1 atom stereocenters. The Morgan fingerprint density at radius 1 is 1.14 bits per heavy atom. The van der Waals surface area contributed by atoms with Crippen LogP contribution in [0.5, 0.6) is 5.75 Å². The maximum atomic E-state index is 6.20. The molecule has 21 heavy (non-hydrogen) atoms. The Hall–Kier alpha value is -1.51. The van der Waals surface area contributed by atoms with Gasteiger partial charge in [0.05, 0.1) is 6.04 Å². The Balaban J connectivity index is 1.58. The van der Waals surface area contributed by atoms with Gasteiger partial charge in [-0.05, 0) is 48.1 Å². The van der Waals surface area contributed by atoms with E-state index in [4.69, 9.17) is 22.1 Å². The minimum absolute atomic E-state index is 0.126. The largest absolute Gasteiger partial charge is 0.492 e. The Morgan fingerprint density at radius 3 is 2.52 bits per heavy atom. The summed E-state index contributed by atoms with van der Waals surface area (Å²) in [5.41, 5.74) is 8.74. The predicted molar refractivity (Wildman–Crippen MR) is 86.9 cm³/mol. The molecule has 1 aliphatic carbocycles. The topological polar surface area (TPSA) is 35.2 Å². The fraction of sp³-hybridized carbons (Fsp3) is 0.333. The lowest BCUT2D eigenvalue weighted by Gasteiger charge is -2.26. The number of hydrogen-bond acceptors (Lipinski definition) is 2. The average Bonchev–Trinajstić information content (AvgIpc) is 2.44. The fourth-order valence-corrected chi connectivity index (χ4v) is 2.78. The van der Waals surface area contributed by atoms with Gasteiger partial charge in [-0.15, -0.1) is 0 Å². The fourth-order valence-electron chi connectivity index (χ4n) is 2.60. The van der Waals surface area contributed by atoms with Crippen LogP contribution in [-0.4, -0.2) is 6.61 Å². The van der Waals surface area contributed by atoms with E-state index in [0.29, 0.717) is 11.6 Å². The van der Waals surface area contributed by atoms with Crippen LogP contribution in [0.1, 0.15) is 42.3 Å². The highest BCUT2D eigenvalue weighted by molar-refractivity contribution is 6.30. The van der Waals surface area contributed by atoms with Crippen LogP contribution in [-0.2, 0) is 0 Å². The third-order valence-electron chi connectivity index (χ3n) is 4.17. The molecule has 1 aliphatic rings. The lowest BCUT2D eigenvalue weighted by atomic mass is 9.80. The van der Waals surface area contributed by atoms with E-state index < -0.39 is 0 Å². The molecule has 3 rings (SSSR count). The third-order valence-corrected chi connectivity index (χ3v) is 4.40. The third kappa shape index (κ3) is 3.58. The number of benzene rings is 2. The van der Waals surface area contributed by atoms with E-state index in [-0.39, 0.29) is 6.04 Å². The first-order valence-corrected chi connectivity index (χ1v) is 7.84. The highest BCUT2D eigenvalue weighted by atomic mass is 35.5. The lowest BCUT2D eigenvalue weighted by Crippen LogP contribution is -2.19. The summed E-state index contributed by atoms with van der Waals surface area (Å²) in [6.45, 7) is 0.448. The van der Waals surface area contributed by atoms with Gasteiger partial charge < -0.3 is 10.5 Å². The van der Waals surface area contributed by atoms with E-state index in [2.05, 4.69) is 24.3 Å². The summed E-state index contributed by atoms with van der Waals surface area (Å²) in [6, 6.07) is 15.9. The number of hydrogen-bond donors (Lipinski definition) is 1. The molecule has 0 heterocycles. The minimum atomic E-state index is -0.126. The van der Waals surface area contributed by atoms with Crippen LogP contribution in [0.15, 0.2) is 48.5 Å². The summed E-state index contributed by atoms with van der Waals surface area (Å²) in [6.07, 6.45) is 4.01. The van der Waals surface area contributed by atoms with Crippen LogP contribution in [0.3, 0.4) is 0 Å². The molecule has 2 aromatic carbocycles. The summed E-state index contributed by atoms with van der Waals surface area (Å²) >= 11 is 5.93. The molecule has 1 saturated carbocycles. The average molecular weight is 302 g/mol. The Bertz CT molecular complexity index is 592. The first kappa shape index (κ1) is 14.4. The molecule has 1 fully saturated rings. The second kappa shape index (κ2) is 6.50. The minimum Gasteiger partial charge on any atom is -0.492 e. The van der Waals surface area contributed by atoms with Gasteiger partial charge in [0.1, 0.15) is 12.4 Å². The first-order valence-electron chi connectivity index (χ1n) is 7.46. The second-order valence-electron chi connectivity index (χ2n) is 5.67. The summed E-state index contributed by atoms with van der Waals surface area (Å²) in [5, 5.41) is 0.672. The highest BCUT2D eigenvalue weighted by Gasteiger charge is 2.19. The zero-order valence-corrected chi connectivity index (χ0v) is 12.7. The number of halogens is 1. The molecule has 110 valence electrons. The molecule has 0 aliphatic heterocycles. The Labute approximate surface area is 130 Å². The van der Waals surface area contributed by atoms with Crippen molar-refractivity contribution in [1.82, 2.24) is 0 Å². The van der Waals surface area contributed by atoms with E-state index in [1.807, 2.05) is 18.2 Å². The quantitative estimate of drug-likeness (QED) is 0.870. The van der Waals surface area contributed by atoms with Gasteiger partial charge in [-0.3, -0.25) is 0 Å². The van der Waals surface area contributed by atoms with Crippen molar-refractivity contribution in [3.63, 3.8) is 0 Å². The van der Waals surface area contributed by atoms with Crippen molar-refractivity contribution >= 4 is 11.6 Å². The van der Waals surface area contributed by atoms with Crippen molar-refractivity contribution in [2.24, 2.45) is 5.73 Å². The van der Waals surface area contributed by atoms with E-state index in [9.17, 15) is 0 Å². The lowest BCUT2D eigenvalue weighted by molar-refractivity contribution is 0.290. The molecule has 3 heteroatoms. The van der Waals surface area contributed by atoms with E-state index >= 15 is 0 Å². The summed E-state index contributed by atoms with van der Waals surface area (Å²) in [7, 11) is 0. The van der Waals surface area contributed by atoms with Crippen molar-refractivity contribution in [3.8, 4) is 5.75 Å². The summed E-state index contributed by atoms with van der Waals surface area (Å²) < 4.78 is 5.70. The maximum Gasteiger partial charge on any atom is 0.120 e. The van der Waals surface area contributed by atoms with Crippen molar-refractivity contribution in [2.75, 3.05) is 6.61 Å². The van der Waals surface area contributed by atoms with E-state index in [1.165, 1.54) is 24.8 Å². The predicted octanol–water partition coefficient (Wildman–Crippen LogP) is 4.69. The van der Waals surface area contributed by atoms with Crippen molar-refractivity contribution < 1.29 is 4.74 Å². The molecular weight excluding hydrogens is 282 g/mol. The van der Waals surface area contributed by atoms with Gasteiger partial charge in [-0.25, -0.2) is 0 Å². The van der Waals surface area contributed by atoms with Gasteiger partial charge in [-0.1, -0.05) is 48.4 Å². The van der Waals surface area contributed by atoms with Crippen LogP contribution in [0.4, 0.5) is 0 Å². The molecule has 1 unspecified atom stereocenters.